The largest absolute Gasteiger partial charge is 0.490 e. The fourth-order valence-corrected chi connectivity index (χ4v) is 3.14. The van der Waals surface area contributed by atoms with Crippen molar-refractivity contribution < 1.29 is 9.84 Å². The second-order valence-corrected chi connectivity index (χ2v) is 7.01. The Morgan fingerprint density at radius 1 is 1.32 bits per heavy atom. The molecule has 2 rings (SSSR count). The SMILES string of the molecule is CN(C)CC(C)(O)CNCc1cccc(OC2CCCC2)c1. The molecule has 0 saturated heterocycles. The van der Waals surface area contributed by atoms with Crippen LogP contribution in [0.15, 0.2) is 24.3 Å². The van der Waals surface area contributed by atoms with E-state index in [0.717, 1.165) is 12.3 Å². The number of hydrogen-bond acceptors (Lipinski definition) is 4. The lowest BCUT2D eigenvalue weighted by Gasteiger charge is -2.27. The zero-order valence-corrected chi connectivity index (χ0v) is 14.1. The van der Waals surface area contributed by atoms with Crippen molar-refractivity contribution in [3.63, 3.8) is 0 Å². The van der Waals surface area contributed by atoms with E-state index in [-0.39, 0.29) is 0 Å². The Morgan fingerprint density at radius 3 is 2.73 bits per heavy atom. The van der Waals surface area contributed by atoms with E-state index in [4.69, 9.17) is 4.74 Å². The number of nitrogens with zero attached hydrogens (tertiary/aromatic N) is 1. The number of likely N-dealkylation sites (N-methyl/N-ethyl adjacent to an activating group) is 1. The van der Waals surface area contributed by atoms with E-state index in [9.17, 15) is 5.11 Å². The molecular weight excluding hydrogens is 276 g/mol. The van der Waals surface area contributed by atoms with Crippen LogP contribution in [-0.2, 0) is 6.54 Å². The molecule has 0 heterocycles. The van der Waals surface area contributed by atoms with Crippen molar-refractivity contribution in [3.8, 4) is 5.75 Å². The summed E-state index contributed by atoms with van der Waals surface area (Å²) < 4.78 is 6.03. The quantitative estimate of drug-likeness (QED) is 0.774. The minimum Gasteiger partial charge on any atom is -0.490 e. The highest BCUT2D eigenvalue weighted by Crippen LogP contribution is 2.24. The second kappa shape index (κ2) is 7.95. The average Bonchev–Trinajstić information content (AvgIpc) is 2.90. The normalized spacial score (nSPS) is 18.6. The molecule has 1 saturated carbocycles. The van der Waals surface area contributed by atoms with Crippen LogP contribution in [0.3, 0.4) is 0 Å². The topological polar surface area (TPSA) is 44.7 Å². The van der Waals surface area contributed by atoms with Crippen molar-refractivity contribution in [1.82, 2.24) is 10.2 Å². The van der Waals surface area contributed by atoms with Gasteiger partial charge in [-0.1, -0.05) is 12.1 Å². The van der Waals surface area contributed by atoms with Gasteiger partial charge in [-0.3, -0.25) is 0 Å². The summed E-state index contributed by atoms with van der Waals surface area (Å²) in [7, 11) is 3.94. The molecule has 1 unspecified atom stereocenters. The van der Waals surface area contributed by atoms with Gasteiger partial charge in [0.05, 0.1) is 11.7 Å². The molecule has 1 atom stereocenters. The van der Waals surface area contributed by atoms with E-state index in [2.05, 4.69) is 17.4 Å². The maximum atomic E-state index is 10.3. The van der Waals surface area contributed by atoms with E-state index < -0.39 is 5.60 Å². The first-order valence-corrected chi connectivity index (χ1v) is 8.28. The number of hydrogen-bond donors (Lipinski definition) is 2. The van der Waals surface area contributed by atoms with Crippen molar-refractivity contribution in [3.05, 3.63) is 29.8 Å². The summed E-state index contributed by atoms with van der Waals surface area (Å²) in [6.45, 7) is 3.81. The maximum Gasteiger partial charge on any atom is 0.120 e. The zero-order chi connectivity index (χ0) is 16.0. The van der Waals surface area contributed by atoms with Gasteiger partial charge in [0, 0.05) is 19.6 Å². The summed E-state index contributed by atoms with van der Waals surface area (Å²) in [6, 6.07) is 8.27. The predicted molar refractivity (Wildman–Crippen MR) is 90.2 cm³/mol. The lowest BCUT2D eigenvalue weighted by atomic mass is 10.1. The van der Waals surface area contributed by atoms with Crippen LogP contribution >= 0.6 is 0 Å². The summed E-state index contributed by atoms with van der Waals surface area (Å²) in [5.74, 6) is 0.964. The van der Waals surface area contributed by atoms with Gasteiger partial charge in [0.15, 0.2) is 0 Å². The smallest absolute Gasteiger partial charge is 0.120 e. The monoisotopic (exact) mass is 306 g/mol. The molecule has 1 aliphatic carbocycles. The molecule has 0 spiro atoms. The Bertz CT molecular complexity index is 454. The molecule has 0 aliphatic heterocycles. The fourth-order valence-electron chi connectivity index (χ4n) is 3.14. The molecule has 0 aromatic heterocycles. The first-order valence-electron chi connectivity index (χ1n) is 8.28. The molecule has 1 fully saturated rings. The van der Waals surface area contributed by atoms with Crippen molar-refractivity contribution in [2.24, 2.45) is 0 Å². The van der Waals surface area contributed by atoms with Gasteiger partial charge in [-0.25, -0.2) is 0 Å². The van der Waals surface area contributed by atoms with Crippen molar-refractivity contribution in [1.29, 1.82) is 0 Å². The van der Waals surface area contributed by atoms with Gasteiger partial charge >= 0.3 is 0 Å². The van der Waals surface area contributed by atoms with Crippen LogP contribution < -0.4 is 10.1 Å². The molecule has 4 nitrogen and oxygen atoms in total. The summed E-state index contributed by atoms with van der Waals surface area (Å²) in [6.07, 6.45) is 5.31. The van der Waals surface area contributed by atoms with Crippen LogP contribution in [0, 0.1) is 0 Å². The third-order valence-electron chi connectivity index (χ3n) is 4.00. The number of rotatable bonds is 8. The summed E-state index contributed by atoms with van der Waals surface area (Å²) in [4.78, 5) is 2.00. The Balaban J connectivity index is 1.80. The first kappa shape index (κ1) is 17.3. The van der Waals surface area contributed by atoms with Crippen LogP contribution in [0.25, 0.3) is 0 Å². The molecule has 0 amide bonds. The molecule has 0 radical (unpaired) electrons. The van der Waals surface area contributed by atoms with Gasteiger partial charge in [0.2, 0.25) is 0 Å². The number of ether oxygens (including phenoxy) is 1. The fraction of sp³-hybridized carbons (Fsp3) is 0.667. The Kier molecular flexibility index (Phi) is 6.24. The van der Waals surface area contributed by atoms with Crippen LogP contribution in [0.2, 0.25) is 0 Å². The zero-order valence-electron chi connectivity index (χ0n) is 14.1. The summed E-state index contributed by atoms with van der Waals surface area (Å²) in [5, 5.41) is 13.6. The average molecular weight is 306 g/mol. The Hall–Kier alpha value is -1.10. The number of nitrogens with one attached hydrogen (secondary N) is 1. The number of benzene rings is 1. The Labute approximate surface area is 134 Å². The minimum absolute atomic E-state index is 0.393. The van der Waals surface area contributed by atoms with Crippen molar-refractivity contribution in [2.75, 3.05) is 27.2 Å². The Morgan fingerprint density at radius 2 is 2.05 bits per heavy atom. The first-order chi connectivity index (χ1) is 10.4. The maximum absolute atomic E-state index is 10.3. The molecular formula is C18H30N2O2. The lowest BCUT2D eigenvalue weighted by Crippen LogP contribution is -2.45. The van der Waals surface area contributed by atoms with Crippen LogP contribution in [0.4, 0.5) is 0 Å². The van der Waals surface area contributed by atoms with Crippen molar-refractivity contribution in [2.45, 2.75) is 50.9 Å². The van der Waals surface area contributed by atoms with Gasteiger partial charge in [-0.2, -0.15) is 0 Å². The van der Waals surface area contributed by atoms with Crippen LogP contribution in [-0.4, -0.2) is 48.9 Å². The van der Waals surface area contributed by atoms with Gasteiger partial charge in [-0.05, 0) is 64.4 Å². The lowest BCUT2D eigenvalue weighted by molar-refractivity contribution is 0.0336. The van der Waals surface area contributed by atoms with Crippen molar-refractivity contribution >= 4 is 0 Å². The third kappa shape index (κ3) is 5.95. The van der Waals surface area contributed by atoms with E-state index in [1.807, 2.05) is 38.1 Å². The van der Waals surface area contributed by atoms with Gasteiger partial charge < -0.3 is 20.1 Å². The standard InChI is InChI=1S/C18H30N2O2/c1-18(21,14-20(2)3)13-19-12-15-7-6-10-17(11-15)22-16-8-4-5-9-16/h6-7,10-11,16,19,21H,4-5,8-9,12-14H2,1-3H3. The van der Waals surface area contributed by atoms with E-state index in [1.54, 1.807) is 0 Å². The second-order valence-electron chi connectivity index (χ2n) is 7.01. The molecule has 1 aromatic carbocycles. The molecule has 124 valence electrons. The van der Waals surface area contributed by atoms with Crippen LogP contribution in [0.5, 0.6) is 5.75 Å². The van der Waals surface area contributed by atoms with E-state index in [1.165, 1.54) is 31.2 Å². The molecule has 22 heavy (non-hydrogen) atoms. The van der Waals surface area contributed by atoms with Gasteiger partial charge in [-0.15, -0.1) is 0 Å². The number of aliphatic hydroxyl groups is 1. The molecule has 4 heteroatoms. The highest BCUT2D eigenvalue weighted by atomic mass is 16.5. The summed E-state index contributed by atoms with van der Waals surface area (Å²) >= 11 is 0. The highest BCUT2D eigenvalue weighted by molar-refractivity contribution is 5.28. The summed E-state index contributed by atoms with van der Waals surface area (Å²) in [5.41, 5.74) is 0.470. The van der Waals surface area contributed by atoms with E-state index in [0.29, 0.717) is 19.2 Å². The van der Waals surface area contributed by atoms with Crippen LogP contribution in [0.1, 0.15) is 38.2 Å². The molecule has 1 aromatic rings. The third-order valence-corrected chi connectivity index (χ3v) is 4.00. The van der Waals surface area contributed by atoms with E-state index >= 15 is 0 Å². The molecule has 0 bridgehead atoms. The van der Waals surface area contributed by atoms with Gasteiger partial charge in [0.25, 0.3) is 0 Å². The molecule has 1 aliphatic rings. The molecule has 2 N–H and O–H groups in total. The predicted octanol–water partition coefficient (Wildman–Crippen LogP) is 2.41. The minimum atomic E-state index is -0.721. The highest BCUT2D eigenvalue weighted by Gasteiger charge is 2.20. The van der Waals surface area contributed by atoms with Gasteiger partial charge in [0.1, 0.15) is 5.75 Å².